The summed E-state index contributed by atoms with van der Waals surface area (Å²) < 4.78 is 5.40. The third kappa shape index (κ3) is 2.58. The molecule has 0 bridgehead atoms. The number of Topliss-reactive ketones (excluding diaryl/α,β-unsaturated/α-hetero) is 1. The number of amides is 1. The zero-order chi connectivity index (χ0) is 13.9. The van der Waals surface area contributed by atoms with Crippen molar-refractivity contribution in [2.75, 3.05) is 26.2 Å². The lowest BCUT2D eigenvalue weighted by molar-refractivity contribution is -0.120. The number of carbonyl (C=O) groups excluding carboxylic acids is 2. The number of furan rings is 1. The number of carbonyl (C=O) groups is 2. The first-order valence-corrected chi connectivity index (χ1v) is 6.72. The van der Waals surface area contributed by atoms with Crippen LogP contribution in [0.1, 0.15) is 16.8 Å². The molecule has 2 aromatic rings. The Morgan fingerprint density at radius 3 is 3.05 bits per heavy atom. The first-order valence-electron chi connectivity index (χ1n) is 6.72. The van der Waals surface area contributed by atoms with Crippen LogP contribution in [-0.4, -0.2) is 42.8 Å². The highest BCUT2D eigenvalue weighted by molar-refractivity contribution is 6.08. The van der Waals surface area contributed by atoms with Crippen LogP contribution in [0.15, 0.2) is 34.9 Å². The second kappa shape index (κ2) is 5.46. The number of hydrogen-bond donors (Lipinski definition) is 1. The summed E-state index contributed by atoms with van der Waals surface area (Å²) in [5.41, 5.74) is 1.34. The molecule has 5 nitrogen and oxygen atoms in total. The average Bonchev–Trinajstić information content (AvgIpc) is 2.78. The predicted molar refractivity (Wildman–Crippen MR) is 74.6 cm³/mol. The Balaban J connectivity index is 1.74. The van der Waals surface area contributed by atoms with E-state index in [0.717, 1.165) is 11.0 Å². The summed E-state index contributed by atoms with van der Waals surface area (Å²) in [6, 6.07) is 7.51. The van der Waals surface area contributed by atoms with Gasteiger partial charge in [-0.1, -0.05) is 18.2 Å². The maximum Gasteiger partial charge on any atom is 0.221 e. The summed E-state index contributed by atoms with van der Waals surface area (Å²) in [6.07, 6.45) is 1.97. The molecule has 104 valence electrons. The number of nitrogens with one attached hydrogen (secondary N) is 1. The summed E-state index contributed by atoms with van der Waals surface area (Å²) >= 11 is 0. The van der Waals surface area contributed by atoms with Crippen LogP contribution in [0, 0.1) is 0 Å². The topological polar surface area (TPSA) is 62.6 Å². The van der Waals surface area contributed by atoms with E-state index in [2.05, 4.69) is 5.32 Å². The minimum Gasteiger partial charge on any atom is -0.464 e. The molecule has 20 heavy (non-hydrogen) atoms. The van der Waals surface area contributed by atoms with Gasteiger partial charge in [0.25, 0.3) is 0 Å². The Kier molecular flexibility index (Phi) is 3.52. The Hall–Kier alpha value is -2.14. The van der Waals surface area contributed by atoms with E-state index in [1.165, 1.54) is 6.26 Å². The summed E-state index contributed by atoms with van der Waals surface area (Å²) in [5, 5.41) is 3.65. The largest absolute Gasteiger partial charge is 0.464 e. The molecule has 5 heteroatoms. The SMILES string of the molecule is O=C1CCN(CC(=O)c2coc3ccccc23)CCN1. The second-order valence-electron chi connectivity index (χ2n) is 4.94. The molecule has 0 spiro atoms. The minimum atomic E-state index is 0.0318. The minimum absolute atomic E-state index is 0.0318. The lowest BCUT2D eigenvalue weighted by Gasteiger charge is -2.17. The van der Waals surface area contributed by atoms with Crippen LogP contribution in [0.3, 0.4) is 0 Å². The molecular weight excluding hydrogens is 256 g/mol. The molecular formula is C15H16N2O3. The summed E-state index contributed by atoms with van der Waals surface area (Å²) in [6.45, 7) is 2.23. The van der Waals surface area contributed by atoms with Crippen LogP contribution in [0.4, 0.5) is 0 Å². The number of para-hydroxylation sites is 1. The van der Waals surface area contributed by atoms with E-state index >= 15 is 0 Å². The van der Waals surface area contributed by atoms with Gasteiger partial charge in [0.05, 0.1) is 12.1 Å². The molecule has 1 amide bonds. The van der Waals surface area contributed by atoms with Gasteiger partial charge in [-0.05, 0) is 6.07 Å². The molecule has 0 atom stereocenters. The van der Waals surface area contributed by atoms with Gasteiger partial charge >= 0.3 is 0 Å². The van der Waals surface area contributed by atoms with Crippen molar-refractivity contribution < 1.29 is 14.0 Å². The zero-order valence-electron chi connectivity index (χ0n) is 11.1. The fourth-order valence-corrected chi connectivity index (χ4v) is 2.45. The molecule has 3 rings (SSSR count). The van der Waals surface area contributed by atoms with Crippen molar-refractivity contribution >= 4 is 22.7 Å². The van der Waals surface area contributed by atoms with Gasteiger partial charge in [-0.2, -0.15) is 0 Å². The predicted octanol–water partition coefficient (Wildman–Crippen LogP) is 1.44. The number of rotatable bonds is 3. The van der Waals surface area contributed by atoms with E-state index in [-0.39, 0.29) is 11.7 Å². The smallest absolute Gasteiger partial charge is 0.221 e. The van der Waals surface area contributed by atoms with Crippen molar-refractivity contribution in [1.29, 1.82) is 0 Å². The van der Waals surface area contributed by atoms with Crippen molar-refractivity contribution in [2.45, 2.75) is 6.42 Å². The van der Waals surface area contributed by atoms with Crippen LogP contribution < -0.4 is 5.32 Å². The Morgan fingerprint density at radius 1 is 1.30 bits per heavy atom. The zero-order valence-corrected chi connectivity index (χ0v) is 11.1. The molecule has 1 aliphatic heterocycles. The highest BCUT2D eigenvalue weighted by Gasteiger charge is 2.19. The van der Waals surface area contributed by atoms with Crippen molar-refractivity contribution in [3.63, 3.8) is 0 Å². The van der Waals surface area contributed by atoms with E-state index in [9.17, 15) is 9.59 Å². The van der Waals surface area contributed by atoms with E-state index in [1.807, 2.05) is 29.2 Å². The van der Waals surface area contributed by atoms with E-state index in [4.69, 9.17) is 4.42 Å². The highest BCUT2D eigenvalue weighted by Crippen LogP contribution is 2.21. The number of nitrogens with zero attached hydrogens (tertiary/aromatic N) is 1. The molecule has 1 fully saturated rings. The fourth-order valence-electron chi connectivity index (χ4n) is 2.45. The number of fused-ring (bicyclic) bond motifs is 1. The molecule has 1 saturated heterocycles. The summed E-state index contributed by atoms with van der Waals surface area (Å²) in [5.74, 6) is 0.0815. The third-order valence-corrected chi connectivity index (χ3v) is 3.55. The van der Waals surface area contributed by atoms with Crippen molar-refractivity contribution in [3.05, 3.63) is 36.1 Å². The Bertz CT molecular complexity index is 647. The van der Waals surface area contributed by atoms with Crippen LogP contribution >= 0.6 is 0 Å². The molecule has 1 N–H and O–H groups in total. The van der Waals surface area contributed by atoms with Gasteiger partial charge in [-0.15, -0.1) is 0 Å². The molecule has 0 unspecified atom stereocenters. The van der Waals surface area contributed by atoms with Crippen LogP contribution in [-0.2, 0) is 4.79 Å². The molecule has 0 radical (unpaired) electrons. The van der Waals surface area contributed by atoms with Crippen molar-refractivity contribution in [3.8, 4) is 0 Å². The van der Waals surface area contributed by atoms with E-state index in [1.54, 1.807) is 0 Å². The standard InChI is InChI=1S/C15H16N2O3/c18-13(9-17-7-5-15(19)16-6-8-17)12-10-20-14-4-2-1-3-11(12)14/h1-4,10H,5-9H2,(H,16,19). The molecule has 2 heterocycles. The normalized spacial score (nSPS) is 16.9. The highest BCUT2D eigenvalue weighted by atomic mass is 16.3. The van der Waals surface area contributed by atoms with Crippen LogP contribution in [0.2, 0.25) is 0 Å². The molecule has 0 saturated carbocycles. The van der Waals surface area contributed by atoms with Gasteiger partial charge in [0, 0.05) is 31.4 Å². The number of ketones is 1. The van der Waals surface area contributed by atoms with E-state index < -0.39 is 0 Å². The lowest BCUT2D eigenvalue weighted by Crippen LogP contribution is -2.33. The molecule has 1 aromatic heterocycles. The van der Waals surface area contributed by atoms with Gasteiger partial charge in [-0.25, -0.2) is 0 Å². The first kappa shape index (κ1) is 12.9. The number of benzene rings is 1. The van der Waals surface area contributed by atoms with Crippen LogP contribution in [0.5, 0.6) is 0 Å². The maximum atomic E-state index is 12.4. The molecule has 1 aromatic carbocycles. The van der Waals surface area contributed by atoms with Gasteiger partial charge in [0.1, 0.15) is 11.8 Å². The maximum absolute atomic E-state index is 12.4. The summed E-state index contributed by atoms with van der Waals surface area (Å²) in [7, 11) is 0. The van der Waals surface area contributed by atoms with Gasteiger partial charge in [0.15, 0.2) is 5.78 Å². The molecule has 1 aliphatic rings. The quantitative estimate of drug-likeness (QED) is 0.859. The average molecular weight is 272 g/mol. The van der Waals surface area contributed by atoms with Gasteiger partial charge < -0.3 is 9.73 Å². The summed E-state index contributed by atoms with van der Waals surface area (Å²) in [4.78, 5) is 25.7. The lowest BCUT2D eigenvalue weighted by atomic mass is 10.1. The second-order valence-corrected chi connectivity index (χ2v) is 4.94. The van der Waals surface area contributed by atoms with Crippen LogP contribution in [0.25, 0.3) is 11.0 Å². The number of hydrogen-bond acceptors (Lipinski definition) is 4. The van der Waals surface area contributed by atoms with Gasteiger partial charge in [0.2, 0.25) is 5.91 Å². The van der Waals surface area contributed by atoms with Crippen molar-refractivity contribution in [1.82, 2.24) is 10.2 Å². The first-order chi connectivity index (χ1) is 9.74. The molecule has 0 aliphatic carbocycles. The van der Waals surface area contributed by atoms with Crippen molar-refractivity contribution in [2.24, 2.45) is 0 Å². The third-order valence-electron chi connectivity index (χ3n) is 3.55. The van der Waals surface area contributed by atoms with Gasteiger partial charge in [-0.3, -0.25) is 14.5 Å². The Labute approximate surface area is 116 Å². The van der Waals surface area contributed by atoms with E-state index in [0.29, 0.717) is 38.2 Å². The fraction of sp³-hybridized carbons (Fsp3) is 0.333. The monoisotopic (exact) mass is 272 g/mol. The Morgan fingerprint density at radius 2 is 2.15 bits per heavy atom.